The predicted octanol–water partition coefficient (Wildman–Crippen LogP) is 3.46. The Hall–Kier alpha value is -2.42. The van der Waals surface area contributed by atoms with Crippen LogP contribution in [0, 0.1) is 0 Å². The second kappa shape index (κ2) is 8.79. The lowest BCUT2D eigenvalue weighted by Gasteiger charge is -2.19. The second-order valence-electron chi connectivity index (χ2n) is 6.36. The Morgan fingerprint density at radius 2 is 2.08 bits per heavy atom. The van der Waals surface area contributed by atoms with E-state index in [0.717, 1.165) is 10.0 Å². The number of alkyl carbamates (subject to hydrolysis) is 1. The van der Waals surface area contributed by atoms with E-state index in [4.69, 9.17) is 14.0 Å². The maximum atomic E-state index is 11.7. The SMILES string of the molecule is CC(C)(C)OC(=O)NCCC(=O)OCc1nc(-c2cccc(Br)c2)no1. The Kier molecular flexibility index (Phi) is 6.73. The Balaban J connectivity index is 1.74. The van der Waals surface area contributed by atoms with Crippen LogP contribution in [0.15, 0.2) is 33.3 Å². The van der Waals surface area contributed by atoms with Crippen molar-refractivity contribution in [3.05, 3.63) is 34.6 Å². The largest absolute Gasteiger partial charge is 0.456 e. The topological polar surface area (TPSA) is 104 Å². The molecule has 8 nitrogen and oxygen atoms in total. The van der Waals surface area contributed by atoms with Crippen molar-refractivity contribution in [1.82, 2.24) is 15.5 Å². The molecular weight excluding hydrogens is 406 g/mol. The summed E-state index contributed by atoms with van der Waals surface area (Å²) in [6, 6.07) is 7.43. The first-order valence-electron chi connectivity index (χ1n) is 7.94. The Morgan fingerprint density at radius 3 is 2.77 bits per heavy atom. The quantitative estimate of drug-likeness (QED) is 0.706. The van der Waals surface area contributed by atoms with Crippen LogP contribution >= 0.6 is 15.9 Å². The van der Waals surface area contributed by atoms with E-state index in [0.29, 0.717) is 5.82 Å². The molecule has 2 rings (SSSR count). The Bertz CT molecular complexity index is 770. The molecule has 1 aromatic carbocycles. The first-order valence-corrected chi connectivity index (χ1v) is 8.73. The van der Waals surface area contributed by atoms with Crippen molar-refractivity contribution >= 4 is 28.0 Å². The molecule has 1 N–H and O–H groups in total. The van der Waals surface area contributed by atoms with E-state index in [9.17, 15) is 9.59 Å². The van der Waals surface area contributed by atoms with Crippen LogP contribution in [0.3, 0.4) is 0 Å². The number of amides is 1. The third-order valence-corrected chi connectivity index (χ3v) is 3.40. The highest BCUT2D eigenvalue weighted by Gasteiger charge is 2.16. The van der Waals surface area contributed by atoms with Crippen LogP contribution in [0.4, 0.5) is 4.79 Å². The van der Waals surface area contributed by atoms with Crippen LogP contribution in [0.5, 0.6) is 0 Å². The fourth-order valence-electron chi connectivity index (χ4n) is 1.85. The summed E-state index contributed by atoms with van der Waals surface area (Å²) < 4.78 is 16.1. The fourth-order valence-corrected chi connectivity index (χ4v) is 2.25. The first kappa shape index (κ1) is 19.9. The Morgan fingerprint density at radius 1 is 1.31 bits per heavy atom. The minimum atomic E-state index is -0.589. The highest BCUT2D eigenvalue weighted by Crippen LogP contribution is 2.20. The number of nitrogens with zero attached hydrogens (tertiary/aromatic N) is 2. The van der Waals surface area contributed by atoms with E-state index in [1.165, 1.54) is 0 Å². The number of hydrogen-bond acceptors (Lipinski definition) is 7. The number of aromatic nitrogens is 2. The van der Waals surface area contributed by atoms with Crippen LogP contribution in [0.1, 0.15) is 33.1 Å². The average molecular weight is 426 g/mol. The van der Waals surface area contributed by atoms with Gasteiger partial charge in [-0.1, -0.05) is 33.2 Å². The van der Waals surface area contributed by atoms with Crippen molar-refractivity contribution in [3.63, 3.8) is 0 Å². The number of carbonyl (C=O) groups is 2. The Labute approximate surface area is 159 Å². The molecular formula is C17H20BrN3O5. The van der Waals surface area contributed by atoms with Gasteiger partial charge in [0.25, 0.3) is 5.89 Å². The third kappa shape index (κ3) is 6.83. The zero-order valence-corrected chi connectivity index (χ0v) is 16.3. The van der Waals surface area contributed by atoms with Gasteiger partial charge >= 0.3 is 12.1 Å². The van der Waals surface area contributed by atoms with E-state index < -0.39 is 17.7 Å². The molecule has 1 amide bonds. The lowest BCUT2D eigenvalue weighted by Crippen LogP contribution is -2.33. The summed E-state index contributed by atoms with van der Waals surface area (Å²) in [5.74, 6) is 0.0978. The molecule has 0 aliphatic heterocycles. The zero-order chi connectivity index (χ0) is 19.2. The van der Waals surface area contributed by atoms with Gasteiger partial charge < -0.3 is 19.3 Å². The smallest absolute Gasteiger partial charge is 0.407 e. The van der Waals surface area contributed by atoms with Crippen molar-refractivity contribution in [2.75, 3.05) is 6.54 Å². The van der Waals surface area contributed by atoms with Gasteiger partial charge in [0.2, 0.25) is 5.82 Å². The van der Waals surface area contributed by atoms with Gasteiger partial charge in [-0.2, -0.15) is 4.98 Å². The van der Waals surface area contributed by atoms with Gasteiger partial charge in [0.15, 0.2) is 6.61 Å². The average Bonchev–Trinajstić information content (AvgIpc) is 3.00. The molecule has 1 heterocycles. The van der Waals surface area contributed by atoms with Crippen LogP contribution < -0.4 is 5.32 Å². The van der Waals surface area contributed by atoms with Gasteiger partial charge in [-0.05, 0) is 32.9 Å². The molecule has 0 bridgehead atoms. The molecule has 0 saturated carbocycles. The van der Waals surface area contributed by atoms with E-state index in [1.54, 1.807) is 20.8 Å². The lowest BCUT2D eigenvalue weighted by molar-refractivity contribution is -0.145. The fraction of sp³-hybridized carbons (Fsp3) is 0.412. The molecule has 0 radical (unpaired) electrons. The number of benzene rings is 1. The molecule has 9 heteroatoms. The standard InChI is InChI=1S/C17H20BrN3O5/c1-17(2,3)25-16(23)19-8-7-14(22)24-10-13-20-15(21-26-13)11-5-4-6-12(18)9-11/h4-6,9H,7-8,10H2,1-3H3,(H,19,23). The number of ether oxygens (including phenoxy) is 2. The number of hydrogen-bond donors (Lipinski definition) is 1. The monoisotopic (exact) mass is 425 g/mol. The summed E-state index contributed by atoms with van der Waals surface area (Å²) in [6.45, 7) is 5.25. The second-order valence-corrected chi connectivity index (χ2v) is 7.28. The van der Waals surface area contributed by atoms with Crippen molar-refractivity contribution in [1.29, 1.82) is 0 Å². The molecule has 0 spiro atoms. The number of esters is 1. The highest BCUT2D eigenvalue weighted by molar-refractivity contribution is 9.10. The summed E-state index contributed by atoms with van der Waals surface area (Å²) in [6.07, 6.45) is -0.577. The van der Waals surface area contributed by atoms with Crippen LogP contribution in [0.2, 0.25) is 0 Å². The summed E-state index contributed by atoms with van der Waals surface area (Å²) in [4.78, 5) is 27.3. The van der Waals surface area contributed by atoms with Crippen LogP contribution in [-0.4, -0.2) is 34.3 Å². The zero-order valence-electron chi connectivity index (χ0n) is 14.7. The predicted molar refractivity (Wildman–Crippen MR) is 96.1 cm³/mol. The summed E-state index contributed by atoms with van der Waals surface area (Å²) in [7, 11) is 0. The summed E-state index contributed by atoms with van der Waals surface area (Å²) >= 11 is 3.37. The number of halogens is 1. The van der Waals surface area contributed by atoms with E-state index >= 15 is 0 Å². The van der Waals surface area contributed by atoms with Crippen molar-refractivity contribution in [2.45, 2.75) is 39.4 Å². The maximum Gasteiger partial charge on any atom is 0.407 e. The molecule has 0 aliphatic carbocycles. The maximum absolute atomic E-state index is 11.7. The molecule has 0 saturated heterocycles. The molecule has 0 aliphatic rings. The van der Waals surface area contributed by atoms with Gasteiger partial charge in [0, 0.05) is 16.6 Å². The lowest BCUT2D eigenvalue weighted by atomic mass is 10.2. The van der Waals surface area contributed by atoms with Gasteiger partial charge in [0.05, 0.1) is 6.42 Å². The summed E-state index contributed by atoms with van der Waals surface area (Å²) in [5, 5.41) is 6.33. The van der Waals surface area contributed by atoms with Crippen molar-refractivity contribution in [2.24, 2.45) is 0 Å². The third-order valence-electron chi connectivity index (χ3n) is 2.90. The normalized spacial score (nSPS) is 11.1. The molecule has 2 aromatic rings. The van der Waals surface area contributed by atoms with Crippen molar-refractivity contribution < 1.29 is 23.6 Å². The molecule has 0 unspecified atom stereocenters. The first-order chi connectivity index (χ1) is 12.2. The minimum absolute atomic E-state index is 0.00582. The molecule has 140 valence electrons. The molecule has 1 aromatic heterocycles. The van der Waals surface area contributed by atoms with Crippen LogP contribution in [0.25, 0.3) is 11.4 Å². The molecule has 0 atom stereocenters. The molecule has 0 fully saturated rings. The van der Waals surface area contributed by atoms with Crippen LogP contribution in [-0.2, 0) is 20.9 Å². The molecule has 26 heavy (non-hydrogen) atoms. The van der Waals surface area contributed by atoms with Gasteiger partial charge in [-0.15, -0.1) is 0 Å². The summed E-state index contributed by atoms with van der Waals surface area (Å²) in [5.41, 5.74) is 0.191. The number of carbonyl (C=O) groups excluding carboxylic acids is 2. The van der Waals surface area contributed by atoms with Gasteiger partial charge in [-0.3, -0.25) is 4.79 Å². The van der Waals surface area contributed by atoms with E-state index in [-0.39, 0.29) is 25.5 Å². The minimum Gasteiger partial charge on any atom is -0.456 e. The van der Waals surface area contributed by atoms with Crippen molar-refractivity contribution in [3.8, 4) is 11.4 Å². The number of nitrogens with one attached hydrogen (secondary N) is 1. The number of rotatable bonds is 6. The van der Waals surface area contributed by atoms with E-state index in [2.05, 4.69) is 31.4 Å². The van der Waals surface area contributed by atoms with Gasteiger partial charge in [-0.25, -0.2) is 4.79 Å². The van der Waals surface area contributed by atoms with E-state index in [1.807, 2.05) is 24.3 Å². The van der Waals surface area contributed by atoms with Gasteiger partial charge in [0.1, 0.15) is 5.60 Å². The highest BCUT2D eigenvalue weighted by atomic mass is 79.9.